The van der Waals surface area contributed by atoms with Gasteiger partial charge in [-0.25, -0.2) is 0 Å². The van der Waals surface area contributed by atoms with Crippen LogP contribution in [0.5, 0.6) is 0 Å². The molecule has 1 aromatic heterocycles. The van der Waals surface area contributed by atoms with E-state index in [0.29, 0.717) is 44.4 Å². The van der Waals surface area contributed by atoms with Crippen molar-refractivity contribution < 1.29 is 22.9 Å². The lowest BCUT2D eigenvalue weighted by molar-refractivity contribution is -0.169. The highest BCUT2D eigenvalue weighted by Crippen LogP contribution is 2.37. The number of amides is 1. The minimum atomic E-state index is -4.01. The van der Waals surface area contributed by atoms with Crippen LogP contribution in [0.15, 0.2) is 34.9 Å². The standard InChI is InChI=1S/C23H27F2N3O3/c24-23(25,20(29)17-10-5-2-6-11-17)22(30)28-15-7-12-18(28)21-26-19(31-27-21)14-13-16-8-3-1-4-9-16/h1,3-4,8-9,17-18H,2,5-7,10-15H2/t18-/m0/s1. The van der Waals surface area contributed by atoms with Crippen molar-refractivity contribution in [2.45, 2.75) is 69.8 Å². The molecule has 1 atom stereocenters. The van der Waals surface area contributed by atoms with Gasteiger partial charge in [-0.2, -0.15) is 13.8 Å². The van der Waals surface area contributed by atoms with Gasteiger partial charge in [0.2, 0.25) is 11.7 Å². The predicted octanol–water partition coefficient (Wildman–Crippen LogP) is 4.30. The Morgan fingerprint density at radius 3 is 2.52 bits per heavy atom. The van der Waals surface area contributed by atoms with Crippen molar-refractivity contribution in [1.29, 1.82) is 0 Å². The number of aryl methyl sites for hydroxylation is 2. The zero-order valence-corrected chi connectivity index (χ0v) is 17.4. The van der Waals surface area contributed by atoms with Crippen molar-refractivity contribution in [3.8, 4) is 0 Å². The van der Waals surface area contributed by atoms with Crippen LogP contribution in [0.2, 0.25) is 0 Å². The lowest BCUT2D eigenvalue weighted by Crippen LogP contribution is -2.50. The van der Waals surface area contributed by atoms with Crippen LogP contribution in [-0.2, 0) is 22.4 Å². The number of Topliss-reactive ketones (excluding diaryl/α,β-unsaturated/α-hetero) is 1. The first kappa shape index (κ1) is 21.6. The lowest BCUT2D eigenvalue weighted by atomic mass is 9.84. The van der Waals surface area contributed by atoms with Gasteiger partial charge in [0, 0.05) is 18.9 Å². The average Bonchev–Trinajstić information content (AvgIpc) is 3.47. The van der Waals surface area contributed by atoms with Crippen molar-refractivity contribution in [2.24, 2.45) is 5.92 Å². The largest absolute Gasteiger partial charge is 0.382 e. The van der Waals surface area contributed by atoms with E-state index in [1.165, 1.54) is 0 Å². The number of ketones is 1. The van der Waals surface area contributed by atoms with Gasteiger partial charge >= 0.3 is 11.8 Å². The van der Waals surface area contributed by atoms with Crippen LogP contribution in [0.25, 0.3) is 0 Å². The number of hydrogen-bond acceptors (Lipinski definition) is 5. The second-order valence-electron chi connectivity index (χ2n) is 8.46. The maximum atomic E-state index is 14.8. The topological polar surface area (TPSA) is 76.3 Å². The van der Waals surface area contributed by atoms with Crippen LogP contribution in [-0.4, -0.2) is 39.2 Å². The molecule has 8 heteroatoms. The molecule has 1 aliphatic carbocycles. The SMILES string of the molecule is O=C(C1CCCCC1)C(F)(F)C(=O)N1CCC[C@H]1c1noc(CCc2ccccc2)n1. The molecule has 2 aromatic rings. The van der Waals surface area contributed by atoms with Crippen LogP contribution in [0.3, 0.4) is 0 Å². The number of halogens is 2. The quantitative estimate of drug-likeness (QED) is 0.611. The molecular weight excluding hydrogens is 404 g/mol. The van der Waals surface area contributed by atoms with Gasteiger partial charge in [0.15, 0.2) is 5.82 Å². The molecule has 0 N–H and O–H groups in total. The number of nitrogens with zero attached hydrogens (tertiary/aromatic N) is 3. The van der Waals surface area contributed by atoms with Gasteiger partial charge in [0.05, 0.1) is 6.04 Å². The fourth-order valence-electron chi connectivity index (χ4n) is 4.59. The Labute approximate surface area is 180 Å². The van der Waals surface area contributed by atoms with E-state index in [1.54, 1.807) is 0 Å². The molecule has 2 fully saturated rings. The molecule has 1 aliphatic heterocycles. The van der Waals surface area contributed by atoms with Crippen LogP contribution in [0.1, 0.15) is 68.3 Å². The number of likely N-dealkylation sites (tertiary alicyclic amines) is 1. The zero-order chi connectivity index (χ0) is 21.8. The molecule has 4 rings (SSSR count). The highest BCUT2D eigenvalue weighted by Gasteiger charge is 2.54. The van der Waals surface area contributed by atoms with Crippen LogP contribution < -0.4 is 0 Å². The van der Waals surface area contributed by atoms with Gasteiger partial charge in [0.25, 0.3) is 0 Å². The summed E-state index contributed by atoms with van der Waals surface area (Å²) >= 11 is 0. The van der Waals surface area contributed by atoms with Crippen molar-refractivity contribution in [2.75, 3.05) is 6.54 Å². The Morgan fingerprint density at radius 1 is 1.03 bits per heavy atom. The molecular formula is C23H27F2N3O3. The fourth-order valence-corrected chi connectivity index (χ4v) is 4.59. The number of aromatic nitrogens is 2. The number of benzene rings is 1. The first-order valence-electron chi connectivity index (χ1n) is 11.1. The molecule has 2 aliphatic rings. The fraction of sp³-hybridized carbons (Fsp3) is 0.565. The summed E-state index contributed by atoms with van der Waals surface area (Å²) in [4.78, 5) is 30.6. The normalized spacial score (nSPS) is 20.2. The van der Waals surface area contributed by atoms with E-state index in [4.69, 9.17) is 4.52 Å². The molecule has 2 heterocycles. The van der Waals surface area contributed by atoms with Crippen molar-refractivity contribution in [3.05, 3.63) is 47.6 Å². The Morgan fingerprint density at radius 2 is 1.77 bits per heavy atom. The average molecular weight is 431 g/mol. The first-order chi connectivity index (χ1) is 15.0. The Bertz CT molecular complexity index is 910. The third-order valence-electron chi connectivity index (χ3n) is 6.32. The Balaban J connectivity index is 1.43. The first-order valence-corrected chi connectivity index (χ1v) is 11.1. The van der Waals surface area contributed by atoms with E-state index in [9.17, 15) is 18.4 Å². The number of carbonyl (C=O) groups excluding carboxylic acids is 2. The third-order valence-corrected chi connectivity index (χ3v) is 6.32. The molecule has 1 amide bonds. The maximum Gasteiger partial charge on any atom is 0.382 e. The van der Waals surface area contributed by atoms with E-state index in [1.807, 2.05) is 30.3 Å². The molecule has 0 spiro atoms. The second-order valence-corrected chi connectivity index (χ2v) is 8.46. The Kier molecular flexibility index (Phi) is 6.43. The van der Waals surface area contributed by atoms with E-state index in [0.717, 1.165) is 29.7 Å². The zero-order valence-electron chi connectivity index (χ0n) is 17.4. The summed E-state index contributed by atoms with van der Waals surface area (Å²) in [5.41, 5.74) is 1.13. The monoisotopic (exact) mass is 431 g/mol. The predicted molar refractivity (Wildman–Crippen MR) is 108 cm³/mol. The van der Waals surface area contributed by atoms with E-state index in [2.05, 4.69) is 10.1 Å². The molecule has 0 radical (unpaired) electrons. The van der Waals surface area contributed by atoms with Gasteiger partial charge < -0.3 is 9.42 Å². The molecule has 0 unspecified atom stereocenters. The maximum absolute atomic E-state index is 14.8. The Hall–Kier alpha value is -2.64. The number of hydrogen-bond donors (Lipinski definition) is 0. The van der Waals surface area contributed by atoms with Gasteiger partial charge in [-0.3, -0.25) is 9.59 Å². The summed E-state index contributed by atoms with van der Waals surface area (Å²) in [6.07, 6.45) is 5.57. The van der Waals surface area contributed by atoms with E-state index < -0.39 is 29.6 Å². The number of carbonyl (C=O) groups is 2. The van der Waals surface area contributed by atoms with E-state index in [-0.39, 0.29) is 12.4 Å². The minimum absolute atomic E-state index is 0.158. The molecule has 6 nitrogen and oxygen atoms in total. The van der Waals surface area contributed by atoms with Crippen molar-refractivity contribution >= 4 is 11.7 Å². The minimum Gasteiger partial charge on any atom is -0.339 e. The van der Waals surface area contributed by atoms with Gasteiger partial charge in [-0.05, 0) is 37.7 Å². The lowest BCUT2D eigenvalue weighted by Gasteiger charge is -2.29. The third kappa shape index (κ3) is 4.67. The molecule has 166 valence electrons. The highest BCUT2D eigenvalue weighted by atomic mass is 19.3. The van der Waals surface area contributed by atoms with Gasteiger partial charge in [-0.1, -0.05) is 54.8 Å². The molecule has 31 heavy (non-hydrogen) atoms. The molecule has 1 saturated carbocycles. The van der Waals surface area contributed by atoms with Crippen molar-refractivity contribution in [3.63, 3.8) is 0 Å². The van der Waals surface area contributed by atoms with Gasteiger partial charge in [0.1, 0.15) is 0 Å². The van der Waals surface area contributed by atoms with E-state index >= 15 is 0 Å². The number of alkyl halides is 2. The summed E-state index contributed by atoms with van der Waals surface area (Å²) < 4.78 is 35.0. The highest BCUT2D eigenvalue weighted by molar-refractivity contribution is 6.08. The summed E-state index contributed by atoms with van der Waals surface area (Å²) in [6, 6.07) is 9.15. The van der Waals surface area contributed by atoms with Crippen LogP contribution in [0, 0.1) is 5.92 Å². The number of rotatable bonds is 7. The molecule has 1 aromatic carbocycles. The molecule has 1 saturated heterocycles. The van der Waals surface area contributed by atoms with Gasteiger partial charge in [-0.15, -0.1) is 0 Å². The second kappa shape index (κ2) is 9.24. The summed E-state index contributed by atoms with van der Waals surface area (Å²) in [5, 5.41) is 3.95. The van der Waals surface area contributed by atoms with Crippen LogP contribution in [0.4, 0.5) is 8.78 Å². The van der Waals surface area contributed by atoms with Crippen molar-refractivity contribution in [1.82, 2.24) is 15.0 Å². The summed E-state index contributed by atoms with van der Waals surface area (Å²) in [5.74, 6) is -6.77. The molecule has 0 bridgehead atoms. The summed E-state index contributed by atoms with van der Waals surface area (Å²) in [6.45, 7) is 0.158. The smallest absolute Gasteiger partial charge is 0.339 e. The van der Waals surface area contributed by atoms with Crippen LogP contribution >= 0.6 is 0 Å². The summed E-state index contributed by atoms with van der Waals surface area (Å²) in [7, 11) is 0.